The average Bonchev–Trinajstić information content (AvgIpc) is 2.63. The molecule has 0 aliphatic heterocycles. The number of nitrogens with zero attached hydrogens (tertiary/aromatic N) is 2. The van der Waals surface area contributed by atoms with Crippen LogP contribution in [0, 0.1) is 0 Å². The van der Waals surface area contributed by atoms with E-state index in [-0.39, 0.29) is 0 Å². The fourth-order valence-corrected chi connectivity index (χ4v) is 1.60. The number of pyridine rings is 1. The van der Waals surface area contributed by atoms with Crippen LogP contribution in [0.2, 0.25) is 0 Å². The molecule has 0 radical (unpaired) electrons. The Balaban J connectivity index is 2.20. The molecule has 2 rings (SSSR count). The molecule has 2 aromatic heterocycles. The van der Waals surface area contributed by atoms with Crippen LogP contribution in [-0.2, 0) is 11.2 Å². The number of ether oxygens (including phenoxy) is 1. The molecule has 0 bridgehead atoms. The largest absolute Gasteiger partial charge is 0.396 e. The number of anilines is 1. The first-order valence-electron chi connectivity index (χ1n) is 5.02. The Morgan fingerprint density at radius 3 is 3.13 bits per heavy atom. The van der Waals surface area contributed by atoms with E-state index in [0.717, 1.165) is 36.5 Å². The first-order chi connectivity index (χ1) is 7.31. The second-order valence-electron chi connectivity index (χ2n) is 3.52. The molecule has 0 saturated carbocycles. The molecule has 2 aromatic rings. The predicted molar refractivity (Wildman–Crippen MR) is 59.8 cm³/mol. The lowest BCUT2D eigenvalue weighted by molar-refractivity contribution is 0.195. The van der Waals surface area contributed by atoms with Gasteiger partial charge in [0, 0.05) is 26.1 Å². The summed E-state index contributed by atoms with van der Waals surface area (Å²) in [7, 11) is 1.71. The summed E-state index contributed by atoms with van der Waals surface area (Å²) in [5.74, 6) is 0. The Morgan fingerprint density at radius 2 is 2.40 bits per heavy atom. The molecule has 80 valence electrons. The molecule has 0 fully saturated rings. The highest BCUT2D eigenvalue weighted by Gasteiger charge is 2.03. The highest BCUT2D eigenvalue weighted by Crippen LogP contribution is 2.13. The van der Waals surface area contributed by atoms with Crippen molar-refractivity contribution in [3.8, 4) is 0 Å². The van der Waals surface area contributed by atoms with Gasteiger partial charge in [0.05, 0.1) is 11.4 Å². The summed E-state index contributed by atoms with van der Waals surface area (Å²) in [5.41, 5.74) is 8.43. The molecule has 0 amide bonds. The Kier molecular flexibility index (Phi) is 2.87. The Bertz CT molecular complexity index is 450. The second kappa shape index (κ2) is 4.31. The zero-order valence-corrected chi connectivity index (χ0v) is 8.81. The Morgan fingerprint density at radius 1 is 1.53 bits per heavy atom. The number of rotatable bonds is 4. The van der Waals surface area contributed by atoms with E-state index in [1.807, 2.05) is 28.9 Å². The summed E-state index contributed by atoms with van der Waals surface area (Å²) >= 11 is 0. The number of aryl methyl sites for hydroxylation is 1. The van der Waals surface area contributed by atoms with Crippen molar-refractivity contribution >= 4 is 11.3 Å². The molecular weight excluding hydrogens is 190 g/mol. The van der Waals surface area contributed by atoms with Gasteiger partial charge in [0.15, 0.2) is 5.65 Å². The van der Waals surface area contributed by atoms with Gasteiger partial charge in [-0.05, 0) is 25.0 Å². The van der Waals surface area contributed by atoms with Gasteiger partial charge in [-0.25, -0.2) is 4.98 Å². The van der Waals surface area contributed by atoms with E-state index in [0.29, 0.717) is 0 Å². The summed E-state index contributed by atoms with van der Waals surface area (Å²) < 4.78 is 6.96. The maximum Gasteiger partial charge on any atom is 0.160 e. The number of fused-ring (bicyclic) bond motifs is 1. The number of imidazole rings is 1. The zero-order valence-electron chi connectivity index (χ0n) is 8.81. The maximum absolute atomic E-state index is 5.82. The van der Waals surface area contributed by atoms with Crippen molar-refractivity contribution < 1.29 is 4.74 Å². The smallest absolute Gasteiger partial charge is 0.160 e. The Labute approximate surface area is 88.7 Å². The van der Waals surface area contributed by atoms with Crippen LogP contribution in [0.15, 0.2) is 24.5 Å². The number of hydrogen-bond donors (Lipinski definition) is 1. The highest BCUT2D eigenvalue weighted by atomic mass is 16.5. The van der Waals surface area contributed by atoms with Gasteiger partial charge in [0.25, 0.3) is 0 Å². The second-order valence-corrected chi connectivity index (χ2v) is 3.52. The summed E-state index contributed by atoms with van der Waals surface area (Å²) in [6, 6.07) is 3.78. The molecule has 0 aliphatic rings. The molecule has 2 heterocycles. The van der Waals surface area contributed by atoms with Crippen molar-refractivity contribution in [1.29, 1.82) is 0 Å². The van der Waals surface area contributed by atoms with Crippen LogP contribution in [0.3, 0.4) is 0 Å². The topological polar surface area (TPSA) is 52.5 Å². The zero-order chi connectivity index (χ0) is 10.7. The third kappa shape index (κ3) is 2.10. The Hall–Kier alpha value is -1.55. The van der Waals surface area contributed by atoms with Gasteiger partial charge in [-0.3, -0.25) is 0 Å². The molecule has 0 saturated heterocycles. The molecular formula is C11H15N3O. The lowest BCUT2D eigenvalue weighted by atomic mass is 10.3. The van der Waals surface area contributed by atoms with Crippen LogP contribution in [0.5, 0.6) is 0 Å². The fraction of sp³-hybridized carbons (Fsp3) is 0.364. The summed E-state index contributed by atoms with van der Waals surface area (Å²) in [5, 5.41) is 0. The van der Waals surface area contributed by atoms with Gasteiger partial charge < -0.3 is 14.9 Å². The third-order valence-electron chi connectivity index (χ3n) is 2.34. The van der Waals surface area contributed by atoms with E-state index < -0.39 is 0 Å². The van der Waals surface area contributed by atoms with Gasteiger partial charge in [-0.15, -0.1) is 0 Å². The molecule has 0 spiro atoms. The van der Waals surface area contributed by atoms with E-state index in [2.05, 4.69) is 4.98 Å². The molecule has 0 aromatic carbocycles. The van der Waals surface area contributed by atoms with Gasteiger partial charge in [-0.1, -0.05) is 0 Å². The number of nitrogen functional groups attached to an aromatic ring is 1. The van der Waals surface area contributed by atoms with Crippen molar-refractivity contribution in [1.82, 2.24) is 9.38 Å². The van der Waals surface area contributed by atoms with Crippen molar-refractivity contribution in [3.05, 3.63) is 30.2 Å². The van der Waals surface area contributed by atoms with Crippen molar-refractivity contribution in [2.45, 2.75) is 12.8 Å². The molecule has 4 nitrogen and oxygen atoms in total. The van der Waals surface area contributed by atoms with E-state index in [1.165, 1.54) is 0 Å². The highest BCUT2D eigenvalue weighted by molar-refractivity contribution is 5.64. The molecule has 4 heteroatoms. The van der Waals surface area contributed by atoms with Crippen LogP contribution in [0.25, 0.3) is 5.65 Å². The SMILES string of the molecule is COCCCc1cn2cccc(N)c2n1. The van der Waals surface area contributed by atoms with Gasteiger partial charge >= 0.3 is 0 Å². The van der Waals surface area contributed by atoms with Crippen molar-refractivity contribution in [2.75, 3.05) is 19.5 Å². The number of methoxy groups -OCH3 is 1. The molecule has 0 aliphatic carbocycles. The number of aromatic nitrogens is 2. The van der Waals surface area contributed by atoms with E-state index >= 15 is 0 Å². The average molecular weight is 205 g/mol. The summed E-state index contributed by atoms with van der Waals surface area (Å²) in [4.78, 5) is 4.47. The lowest BCUT2D eigenvalue weighted by Gasteiger charge is -1.94. The monoisotopic (exact) mass is 205 g/mol. The lowest BCUT2D eigenvalue weighted by Crippen LogP contribution is -1.92. The van der Waals surface area contributed by atoms with Crippen molar-refractivity contribution in [3.63, 3.8) is 0 Å². The van der Waals surface area contributed by atoms with Crippen molar-refractivity contribution in [2.24, 2.45) is 0 Å². The third-order valence-corrected chi connectivity index (χ3v) is 2.34. The molecule has 2 N–H and O–H groups in total. The summed E-state index contributed by atoms with van der Waals surface area (Å²) in [6.07, 6.45) is 5.88. The minimum Gasteiger partial charge on any atom is -0.396 e. The molecule has 0 atom stereocenters. The van der Waals surface area contributed by atoms with Gasteiger partial charge in [-0.2, -0.15) is 0 Å². The van der Waals surface area contributed by atoms with Crippen LogP contribution in [0.1, 0.15) is 12.1 Å². The normalized spacial score (nSPS) is 11.0. The first kappa shape index (κ1) is 9.98. The van der Waals surface area contributed by atoms with Crippen LogP contribution in [-0.4, -0.2) is 23.1 Å². The predicted octanol–water partition coefficient (Wildman–Crippen LogP) is 1.50. The quantitative estimate of drug-likeness (QED) is 0.769. The number of hydrogen-bond acceptors (Lipinski definition) is 3. The maximum atomic E-state index is 5.82. The number of nitrogens with two attached hydrogens (primary N) is 1. The molecule has 15 heavy (non-hydrogen) atoms. The summed E-state index contributed by atoms with van der Waals surface area (Å²) in [6.45, 7) is 0.767. The van der Waals surface area contributed by atoms with E-state index in [9.17, 15) is 0 Å². The van der Waals surface area contributed by atoms with Crippen LogP contribution >= 0.6 is 0 Å². The minimum absolute atomic E-state index is 0.718. The first-order valence-corrected chi connectivity index (χ1v) is 5.02. The van der Waals surface area contributed by atoms with Crippen LogP contribution < -0.4 is 5.73 Å². The van der Waals surface area contributed by atoms with E-state index in [1.54, 1.807) is 7.11 Å². The fourth-order valence-electron chi connectivity index (χ4n) is 1.60. The minimum atomic E-state index is 0.718. The van der Waals surface area contributed by atoms with Gasteiger partial charge in [0.1, 0.15) is 0 Å². The molecule has 0 unspecified atom stereocenters. The standard InChI is InChI=1S/C11H15N3O/c1-15-7-3-4-9-8-14-6-2-5-10(12)11(14)13-9/h2,5-6,8H,3-4,7,12H2,1H3. The van der Waals surface area contributed by atoms with Crippen LogP contribution in [0.4, 0.5) is 5.69 Å². The van der Waals surface area contributed by atoms with E-state index in [4.69, 9.17) is 10.5 Å². The van der Waals surface area contributed by atoms with Gasteiger partial charge in [0.2, 0.25) is 0 Å².